The molecule has 88 valence electrons. The lowest BCUT2D eigenvalue weighted by Gasteiger charge is -2.06. The quantitative estimate of drug-likeness (QED) is 0.642. The first-order valence-corrected chi connectivity index (χ1v) is 6.40. The second-order valence-electron chi connectivity index (χ2n) is 4.00. The van der Waals surface area contributed by atoms with E-state index in [2.05, 4.69) is 13.0 Å². The molecule has 2 rings (SSSR count). The average molecular weight is 245 g/mol. The molecule has 3 heteroatoms. The van der Waals surface area contributed by atoms with Gasteiger partial charge in [0.15, 0.2) is 0 Å². The summed E-state index contributed by atoms with van der Waals surface area (Å²) in [4.78, 5) is 1.11. The normalized spacial score (nSPS) is 10.4. The molecule has 0 fully saturated rings. The number of hydrogen-bond acceptors (Lipinski definition) is 3. The first kappa shape index (κ1) is 11.9. The van der Waals surface area contributed by atoms with Crippen molar-refractivity contribution in [3.63, 3.8) is 0 Å². The molecule has 0 saturated carbocycles. The van der Waals surface area contributed by atoms with Crippen LogP contribution in [0.25, 0.3) is 0 Å². The van der Waals surface area contributed by atoms with Crippen molar-refractivity contribution in [1.29, 1.82) is 0 Å². The molecule has 0 heterocycles. The van der Waals surface area contributed by atoms with Crippen molar-refractivity contribution in [2.45, 2.75) is 17.6 Å². The van der Waals surface area contributed by atoms with E-state index in [0.29, 0.717) is 5.75 Å². The van der Waals surface area contributed by atoms with Gasteiger partial charge in [-0.05, 0) is 42.3 Å². The van der Waals surface area contributed by atoms with Gasteiger partial charge >= 0.3 is 0 Å². The Labute approximate surface area is 105 Å². The van der Waals surface area contributed by atoms with Crippen molar-refractivity contribution in [2.75, 3.05) is 5.73 Å². The van der Waals surface area contributed by atoms with Gasteiger partial charge in [-0.25, -0.2) is 0 Å². The van der Waals surface area contributed by atoms with Gasteiger partial charge in [-0.1, -0.05) is 18.2 Å². The first-order valence-electron chi connectivity index (χ1n) is 5.42. The molecular weight excluding hydrogens is 230 g/mol. The number of thioether (sulfide) groups is 1. The van der Waals surface area contributed by atoms with Crippen LogP contribution in [0.4, 0.5) is 5.69 Å². The molecule has 2 aromatic carbocycles. The van der Waals surface area contributed by atoms with Crippen molar-refractivity contribution in [1.82, 2.24) is 0 Å². The van der Waals surface area contributed by atoms with Crippen LogP contribution >= 0.6 is 11.8 Å². The number of nitrogens with two attached hydrogens (primary N) is 1. The van der Waals surface area contributed by atoms with E-state index in [4.69, 9.17) is 5.73 Å². The third kappa shape index (κ3) is 3.17. The summed E-state index contributed by atoms with van der Waals surface area (Å²) < 4.78 is 0. The summed E-state index contributed by atoms with van der Waals surface area (Å²) in [5.41, 5.74) is 9.13. The van der Waals surface area contributed by atoms with Gasteiger partial charge in [0.1, 0.15) is 5.75 Å². The Bertz CT molecular complexity index is 508. The van der Waals surface area contributed by atoms with Crippen LogP contribution in [0.5, 0.6) is 5.75 Å². The fourth-order valence-electron chi connectivity index (χ4n) is 1.52. The molecule has 0 saturated heterocycles. The number of aryl methyl sites for hydroxylation is 1. The first-order chi connectivity index (χ1) is 8.15. The number of phenols is 1. The average Bonchev–Trinajstić information content (AvgIpc) is 2.32. The minimum absolute atomic E-state index is 0.300. The van der Waals surface area contributed by atoms with Crippen molar-refractivity contribution >= 4 is 17.4 Å². The zero-order valence-electron chi connectivity index (χ0n) is 9.68. The standard InChI is InChI=1S/C14H15NOS/c1-10-2-7-13(15)14(8-10)17-9-11-3-5-12(16)6-4-11/h2-8,16H,9,15H2,1H3. The van der Waals surface area contributed by atoms with Crippen molar-refractivity contribution in [3.8, 4) is 5.75 Å². The van der Waals surface area contributed by atoms with Gasteiger partial charge < -0.3 is 10.8 Å². The Morgan fingerprint density at radius 1 is 1.12 bits per heavy atom. The minimum Gasteiger partial charge on any atom is -0.508 e. The van der Waals surface area contributed by atoms with Crippen LogP contribution < -0.4 is 5.73 Å². The fraction of sp³-hybridized carbons (Fsp3) is 0.143. The van der Waals surface area contributed by atoms with Gasteiger partial charge in [-0.15, -0.1) is 11.8 Å². The highest BCUT2D eigenvalue weighted by Crippen LogP contribution is 2.29. The second kappa shape index (κ2) is 5.15. The van der Waals surface area contributed by atoms with Crippen LogP contribution in [0.3, 0.4) is 0 Å². The third-order valence-electron chi connectivity index (χ3n) is 2.50. The van der Waals surface area contributed by atoms with E-state index in [-0.39, 0.29) is 0 Å². The predicted molar refractivity (Wildman–Crippen MR) is 73.3 cm³/mol. The number of benzene rings is 2. The Kier molecular flexibility index (Phi) is 3.59. The molecule has 0 spiro atoms. The molecule has 0 amide bonds. The number of nitrogen functional groups attached to an aromatic ring is 1. The maximum atomic E-state index is 9.20. The van der Waals surface area contributed by atoms with E-state index in [1.54, 1.807) is 23.9 Å². The topological polar surface area (TPSA) is 46.2 Å². The number of aromatic hydroxyl groups is 1. The Hall–Kier alpha value is -1.61. The Morgan fingerprint density at radius 2 is 1.82 bits per heavy atom. The molecule has 0 aliphatic heterocycles. The third-order valence-corrected chi connectivity index (χ3v) is 3.64. The molecule has 17 heavy (non-hydrogen) atoms. The summed E-state index contributed by atoms with van der Waals surface area (Å²) in [6, 6.07) is 13.3. The molecule has 0 unspecified atom stereocenters. The molecule has 0 radical (unpaired) electrons. The van der Waals surface area contributed by atoms with E-state index < -0.39 is 0 Å². The number of rotatable bonds is 3. The van der Waals surface area contributed by atoms with Crippen LogP contribution in [-0.4, -0.2) is 5.11 Å². The van der Waals surface area contributed by atoms with E-state index in [9.17, 15) is 5.11 Å². The van der Waals surface area contributed by atoms with Crippen molar-refractivity contribution < 1.29 is 5.11 Å². The predicted octanol–water partition coefficient (Wildman–Crippen LogP) is 3.58. The van der Waals surface area contributed by atoms with Gasteiger partial charge in [0.2, 0.25) is 0 Å². The van der Waals surface area contributed by atoms with Gasteiger partial charge in [-0.3, -0.25) is 0 Å². The fourth-order valence-corrected chi connectivity index (χ4v) is 2.54. The Balaban J connectivity index is 2.07. The largest absolute Gasteiger partial charge is 0.508 e. The van der Waals surface area contributed by atoms with Crippen LogP contribution in [0.15, 0.2) is 47.4 Å². The van der Waals surface area contributed by atoms with Crippen LogP contribution in [0.1, 0.15) is 11.1 Å². The molecule has 3 N–H and O–H groups in total. The van der Waals surface area contributed by atoms with E-state index >= 15 is 0 Å². The highest BCUT2D eigenvalue weighted by Gasteiger charge is 2.01. The Morgan fingerprint density at radius 3 is 2.53 bits per heavy atom. The van der Waals surface area contributed by atoms with Crippen LogP contribution in [0.2, 0.25) is 0 Å². The summed E-state index contributed by atoms with van der Waals surface area (Å²) in [5.74, 6) is 1.15. The molecule has 0 aliphatic carbocycles. The molecular formula is C14H15NOS. The minimum atomic E-state index is 0.300. The smallest absolute Gasteiger partial charge is 0.115 e. The maximum absolute atomic E-state index is 9.20. The summed E-state index contributed by atoms with van der Waals surface area (Å²) >= 11 is 1.71. The van der Waals surface area contributed by atoms with Crippen molar-refractivity contribution in [3.05, 3.63) is 53.6 Å². The molecule has 2 nitrogen and oxygen atoms in total. The number of phenolic OH excluding ortho intramolecular Hbond substituents is 1. The summed E-state index contributed by atoms with van der Waals surface area (Å²) in [5, 5.41) is 9.20. The number of hydrogen-bond donors (Lipinski definition) is 2. The van der Waals surface area contributed by atoms with Gasteiger partial charge in [0.05, 0.1) is 0 Å². The molecule has 0 aliphatic rings. The monoisotopic (exact) mass is 245 g/mol. The lowest BCUT2D eigenvalue weighted by atomic mass is 10.2. The molecule has 0 atom stereocenters. The molecule has 2 aromatic rings. The van der Waals surface area contributed by atoms with Gasteiger partial charge in [0, 0.05) is 16.3 Å². The van der Waals surface area contributed by atoms with Crippen LogP contribution in [-0.2, 0) is 5.75 Å². The van der Waals surface area contributed by atoms with Gasteiger partial charge in [-0.2, -0.15) is 0 Å². The van der Waals surface area contributed by atoms with Crippen molar-refractivity contribution in [2.24, 2.45) is 0 Å². The number of anilines is 1. The molecule has 0 aromatic heterocycles. The zero-order chi connectivity index (χ0) is 12.3. The zero-order valence-corrected chi connectivity index (χ0v) is 10.5. The van der Waals surface area contributed by atoms with Crippen LogP contribution in [0, 0.1) is 6.92 Å². The summed E-state index contributed by atoms with van der Waals surface area (Å²) in [7, 11) is 0. The highest BCUT2D eigenvalue weighted by molar-refractivity contribution is 7.98. The maximum Gasteiger partial charge on any atom is 0.115 e. The highest BCUT2D eigenvalue weighted by atomic mass is 32.2. The van der Waals surface area contributed by atoms with E-state index in [0.717, 1.165) is 16.3 Å². The lowest BCUT2D eigenvalue weighted by molar-refractivity contribution is 0.475. The summed E-state index contributed by atoms with van der Waals surface area (Å²) in [6.07, 6.45) is 0. The van der Waals surface area contributed by atoms with E-state index in [1.807, 2.05) is 24.3 Å². The molecule has 0 bridgehead atoms. The van der Waals surface area contributed by atoms with E-state index in [1.165, 1.54) is 11.1 Å². The lowest BCUT2D eigenvalue weighted by Crippen LogP contribution is -1.89. The summed E-state index contributed by atoms with van der Waals surface area (Å²) in [6.45, 7) is 2.06. The SMILES string of the molecule is Cc1ccc(N)c(SCc2ccc(O)cc2)c1. The van der Waals surface area contributed by atoms with Gasteiger partial charge in [0.25, 0.3) is 0 Å². The second-order valence-corrected chi connectivity index (χ2v) is 5.01.